The van der Waals surface area contributed by atoms with Gasteiger partial charge in [-0.1, -0.05) is 0 Å². The molecule has 0 unspecified atom stereocenters. The lowest BCUT2D eigenvalue weighted by Crippen LogP contribution is -2.42. The topological polar surface area (TPSA) is 140 Å². The van der Waals surface area contributed by atoms with E-state index < -0.39 is 0 Å². The number of benzene rings is 1. The Labute approximate surface area is 191 Å². The van der Waals surface area contributed by atoms with Crippen molar-refractivity contribution in [3.05, 3.63) is 52.7 Å². The van der Waals surface area contributed by atoms with Gasteiger partial charge in [0.1, 0.15) is 5.65 Å². The van der Waals surface area contributed by atoms with Crippen LogP contribution in [0.2, 0.25) is 0 Å². The summed E-state index contributed by atoms with van der Waals surface area (Å²) < 4.78 is 7.45. The fourth-order valence-electron chi connectivity index (χ4n) is 4.63. The molecular weight excluding hydrogens is 420 g/mol. The lowest BCUT2D eigenvalue weighted by Gasteiger charge is -2.34. The molecule has 3 aromatic rings. The lowest BCUT2D eigenvalue weighted by molar-refractivity contribution is 0.0369. The minimum Gasteiger partial charge on any atom is -0.374 e. The quantitative estimate of drug-likeness (QED) is 0.319. The van der Waals surface area contributed by atoms with E-state index in [0.717, 1.165) is 61.5 Å². The highest BCUT2D eigenvalue weighted by molar-refractivity contribution is 5.76. The second-order valence-electron chi connectivity index (χ2n) is 8.66. The number of nitrogens with zero attached hydrogens (tertiary/aromatic N) is 4. The summed E-state index contributed by atoms with van der Waals surface area (Å²) >= 11 is 0. The second-order valence-corrected chi connectivity index (χ2v) is 8.66. The Morgan fingerprint density at radius 3 is 2.82 bits per heavy atom. The zero-order valence-electron chi connectivity index (χ0n) is 18.5. The molecule has 174 valence electrons. The summed E-state index contributed by atoms with van der Waals surface area (Å²) in [6.07, 6.45) is 3.81. The highest BCUT2D eigenvalue weighted by atomic mass is 16.5. The molecule has 2 aliphatic rings. The summed E-state index contributed by atoms with van der Waals surface area (Å²) in [6, 6.07) is 10.1. The van der Waals surface area contributed by atoms with Gasteiger partial charge in [-0.25, -0.2) is 4.79 Å². The summed E-state index contributed by atoms with van der Waals surface area (Å²) in [6.45, 7) is 4.77. The normalized spacial score (nSPS) is 20.9. The first-order valence-corrected chi connectivity index (χ1v) is 11.4. The van der Waals surface area contributed by atoms with E-state index in [-0.39, 0.29) is 17.8 Å². The van der Waals surface area contributed by atoms with Crippen LogP contribution in [0, 0.1) is 0 Å². The van der Waals surface area contributed by atoms with E-state index in [0.29, 0.717) is 24.7 Å². The maximum absolute atomic E-state index is 12.7. The first-order valence-electron chi connectivity index (χ1n) is 11.4. The van der Waals surface area contributed by atoms with E-state index >= 15 is 0 Å². The van der Waals surface area contributed by atoms with Crippen molar-refractivity contribution in [2.45, 2.75) is 24.9 Å². The van der Waals surface area contributed by atoms with Crippen LogP contribution in [0.1, 0.15) is 24.5 Å². The number of H-pyrrole nitrogens is 1. The van der Waals surface area contributed by atoms with Crippen LogP contribution in [-0.2, 0) is 4.74 Å². The number of fused-ring (bicyclic) bond motifs is 1. The van der Waals surface area contributed by atoms with Crippen LogP contribution in [0.25, 0.3) is 16.7 Å². The maximum Gasteiger partial charge on any atom is 0.354 e. The average molecular weight is 451 g/mol. The Balaban J connectivity index is 1.32. The monoisotopic (exact) mass is 450 g/mol. The number of hydrogen-bond acceptors (Lipinski definition) is 6. The van der Waals surface area contributed by atoms with E-state index in [1.807, 2.05) is 30.5 Å². The largest absolute Gasteiger partial charge is 0.374 e. The van der Waals surface area contributed by atoms with E-state index in [2.05, 4.69) is 31.2 Å². The molecule has 6 N–H and O–H groups in total. The zero-order valence-corrected chi connectivity index (χ0v) is 18.5. The number of hydrogen-bond donors (Lipinski definition) is 4. The van der Waals surface area contributed by atoms with Gasteiger partial charge < -0.3 is 31.4 Å². The minimum atomic E-state index is -0.292. The Hall–Kier alpha value is -3.37. The number of rotatable bonds is 6. The Morgan fingerprint density at radius 2 is 2.06 bits per heavy atom. The van der Waals surface area contributed by atoms with Crippen molar-refractivity contribution in [2.24, 2.45) is 16.5 Å². The smallest absolute Gasteiger partial charge is 0.354 e. The molecule has 2 aliphatic heterocycles. The van der Waals surface area contributed by atoms with Gasteiger partial charge in [0.15, 0.2) is 5.96 Å². The molecule has 2 fully saturated rings. The SMILES string of the molecule is NC(N)=NCC[C@H]1CN(c2ccc(-n3cc4cc([C@@H]5CCNC5)[nH]c4nc3=O)cc2)CCO1. The van der Waals surface area contributed by atoms with Crippen molar-refractivity contribution < 1.29 is 4.74 Å². The number of guanidine groups is 1. The number of nitrogens with one attached hydrogen (secondary N) is 2. The molecule has 0 radical (unpaired) electrons. The first kappa shape index (κ1) is 21.5. The van der Waals surface area contributed by atoms with Gasteiger partial charge in [-0.2, -0.15) is 4.98 Å². The molecule has 2 aromatic heterocycles. The molecule has 10 nitrogen and oxygen atoms in total. The molecule has 0 bridgehead atoms. The molecule has 0 amide bonds. The van der Waals surface area contributed by atoms with Crippen molar-refractivity contribution in [3.8, 4) is 5.69 Å². The molecular formula is C23H30N8O2. The first-order chi connectivity index (χ1) is 16.1. The highest BCUT2D eigenvalue weighted by Crippen LogP contribution is 2.25. The average Bonchev–Trinajstić information content (AvgIpc) is 3.48. The predicted octanol–water partition coefficient (Wildman–Crippen LogP) is 0.659. The highest BCUT2D eigenvalue weighted by Gasteiger charge is 2.21. The number of aliphatic imine (C=N–C) groups is 1. The summed E-state index contributed by atoms with van der Waals surface area (Å²) in [4.78, 5) is 26.6. The van der Waals surface area contributed by atoms with Crippen LogP contribution < -0.4 is 27.4 Å². The Kier molecular flexibility index (Phi) is 6.01. The molecule has 5 rings (SSSR count). The molecule has 0 aliphatic carbocycles. The molecule has 10 heteroatoms. The van der Waals surface area contributed by atoms with Gasteiger partial charge in [-0.05, 0) is 49.7 Å². The van der Waals surface area contributed by atoms with Crippen molar-refractivity contribution >= 4 is 22.7 Å². The van der Waals surface area contributed by atoms with Crippen LogP contribution in [0.4, 0.5) is 5.69 Å². The van der Waals surface area contributed by atoms with Crippen molar-refractivity contribution in [3.63, 3.8) is 0 Å². The number of nitrogens with two attached hydrogens (primary N) is 2. The van der Waals surface area contributed by atoms with Gasteiger partial charge in [0.05, 0.1) is 18.4 Å². The molecule has 0 saturated carbocycles. The number of aromatic nitrogens is 3. The number of aromatic amines is 1. The number of ether oxygens (including phenoxy) is 1. The van der Waals surface area contributed by atoms with E-state index in [4.69, 9.17) is 16.2 Å². The van der Waals surface area contributed by atoms with Crippen LogP contribution in [0.15, 0.2) is 46.3 Å². The summed E-state index contributed by atoms with van der Waals surface area (Å²) in [7, 11) is 0. The lowest BCUT2D eigenvalue weighted by atomic mass is 10.1. The van der Waals surface area contributed by atoms with E-state index in [1.54, 1.807) is 4.57 Å². The summed E-state index contributed by atoms with van der Waals surface area (Å²) in [5.74, 6) is 0.548. The van der Waals surface area contributed by atoms with Crippen LogP contribution in [0.3, 0.4) is 0 Å². The third-order valence-corrected chi connectivity index (χ3v) is 6.41. The molecule has 2 atom stereocenters. The van der Waals surface area contributed by atoms with Gasteiger partial charge in [0.2, 0.25) is 0 Å². The maximum atomic E-state index is 12.7. The fourth-order valence-corrected chi connectivity index (χ4v) is 4.63. The molecule has 0 spiro atoms. The molecule has 2 saturated heterocycles. The Morgan fingerprint density at radius 1 is 1.24 bits per heavy atom. The van der Waals surface area contributed by atoms with Gasteiger partial charge in [0, 0.05) is 55.1 Å². The summed E-state index contributed by atoms with van der Waals surface area (Å²) in [5, 5.41) is 4.32. The van der Waals surface area contributed by atoms with Crippen molar-refractivity contribution in [2.75, 3.05) is 44.2 Å². The minimum absolute atomic E-state index is 0.0774. The molecule has 4 heterocycles. The van der Waals surface area contributed by atoms with Crippen LogP contribution >= 0.6 is 0 Å². The van der Waals surface area contributed by atoms with Gasteiger partial charge in [0.25, 0.3) is 0 Å². The molecule has 1 aromatic carbocycles. The van der Waals surface area contributed by atoms with Crippen LogP contribution in [-0.4, -0.2) is 65.9 Å². The van der Waals surface area contributed by atoms with E-state index in [1.165, 1.54) is 0 Å². The summed E-state index contributed by atoms with van der Waals surface area (Å²) in [5.41, 5.74) is 14.2. The Bertz CT molecular complexity index is 1190. The fraction of sp³-hybridized carbons (Fsp3) is 0.435. The number of morpholine rings is 1. The standard InChI is InChI=1S/C23H30N8O2/c24-22(25)27-8-6-19-14-30(9-10-33-19)17-1-3-18(4-2-17)31-13-16-11-20(15-5-7-26-12-15)28-21(16)29-23(31)32/h1-4,11,13,15,19,26H,5-10,12,14H2,(H4,24,25,27)(H,28,29,32)/t15-,19+/m1/s1. The third kappa shape index (κ3) is 4.71. The number of anilines is 1. The van der Waals surface area contributed by atoms with Crippen molar-refractivity contribution in [1.29, 1.82) is 0 Å². The van der Waals surface area contributed by atoms with E-state index in [9.17, 15) is 4.79 Å². The predicted molar refractivity (Wildman–Crippen MR) is 129 cm³/mol. The van der Waals surface area contributed by atoms with Crippen LogP contribution in [0.5, 0.6) is 0 Å². The van der Waals surface area contributed by atoms with Gasteiger partial charge in [-0.3, -0.25) is 9.56 Å². The second kappa shape index (κ2) is 9.24. The van der Waals surface area contributed by atoms with Crippen molar-refractivity contribution in [1.82, 2.24) is 19.9 Å². The van der Waals surface area contributed by atoms with Gasteiger partial charge in [-0.15, -0.1) is 0 Å². The van der Waals surface area contributed by atoms with Gasteiger partial charge >= 0.3 is 5.69 Å². The molecule has 33 heavy (non-hydrogen) atoms. The third-order valence-electron chi connectivity index (χ3n) is 6.41. The zero-order chi connectivity index (χ0) is 22.8.